The number of rotatable bonds is 42. The van der Waals surface area contributed by atoms with Gasteiger partial charge in [-0.2, -0.15) is 0 Å². The van der Waals surface area contributed by atoms with Crippen LogP contribution >= 0.6 is 0 Å². The Kier molecular flexibility index (Phi) is 36.9. The highest BCUT2D eigenvalue weighted by atomic mass is 16.8. The number of allylic oxidation sites excluding steroid dienone is 5. The normalized spacial score (nSPS) is 31.2. The Morgan fingerprint density at radius 2 is 0.842 bits per heavy atom. The molecule has 3 heterocycles. The fourth-order valence-electron chi connectivity index (χ4n) is 9.81. The van der Waals surface area contributed by atoms with E-state index in [2.05, 4.69) is 43.5 Å². The second-order valence-electron chi connectivity index (χ2n) is 21.1. The van der Waals surface area contributed by atoms with Crippen molar-refractivity contribution in [2.24, 2.45) is 0 Å². The zero-order valence-corrected chi connectivity index (χ0v) is 46.0. The van der Waals surface area contributed by atoms with Crippen molar-refractivity contribution in [1.29, 1.82) is 0 Å². The van der Waals surface area contributed by atoms with Gasteiger partial charge in [0.15, 0.2) is 18.9 Å². The standard InChI is InChI=1S/C57H103NO18/c1-3-5-7-9-11-13-14-15-16-17-18-19-20-21-22-23-24-25-27-28-30-32-34-41(62)40(58-45(63)35-33-31-29-26-12-10-8-6-4-2)39-71-55-51(69)48(66)53(43(37-60)73-55)76-57-52(70)49(67)54(44(38-61)74-57)75-56-50(68)47(65)46(64)42(36-59)72-56/h21-22,25,27,32,34,40-44,46-57,59-62,64-70H,3-20,23-24,26,28-31,33,35-39H2,1-2H3,(H,58,63)/b22-21+,27-25+,34-32+. The molecule has 76 heavy (non-hydrogen) atoms. The molecular formula is C57H103NO18. The summed E-state index contributed by atoms with van der Waals surface area (Å²) in [4.78, 5) is 13.2. The molecule has 1 amide bonds. The van der Waals surface area contributed by atoms with Crippen LogP contribution in [0.3, 0.4) is 0 Å². The number of aliphatic hydroxyl groups excluding tert-OH is 11. The summed E-state index contributed by atoms with van der Waals surface area (Å²) in [6.07, 6.45) is 15.9. The van der Waals surface area contributed by atoms with Crippen LogP contribution in [0, 0.1) is 0 Å². The summed E-state index contributed by atoms with van der Waals surface area (Å²) in [6, 6.07) is -0.991. The molecule has 3 aliphatic heterocycles. The van der Waals surface area contributed by atoms with Gasteiger partial charge in [-0.15, -0.1) is 0 Å². The largest absolute Gasteiger partial charge is 0.394 e. The third-order valence-electron chi connectivity index (χ3n) is 14.7. The smallest absolute Gasteiger partial charge is 0.220 e. The van der Waals surface area contributed by atoms with Crippen LogP contribution < -0.4 is 5.32 Å². The highest BCUT2D eigenvalue weighted by molar-refractivity contribution is 5.76. The van der Waals surface area contributed by atoms with E-state index in [-0.39, 0.29) is 18.9 Å². The van der Waals surface area contributed by atoms with E-state index in [1.165, 1.54) is 109 Å². The Morgan fingerprint density at radius 1 is 0.461 bits per heavy atom. The quantitative estimate of drug-likeness (QED) is 0.0295. The number of hydrogen-bond acceptors (Lipinski definition) is 18. The molecule has 0 aromatic heterocycles. The van der Waals surface area contributed by atoms with Crippen molar-refractivity contribution >= 4 is 5.91 Å². The number of unbranched alkanes of at least 4 members (excludes halogenated alkanes) is 22. The first-order valence-corrected chi connectivity index (χ1v) is 29.2. The molecule has 19 heteroatoms. The van der Waals surface area contributed by atoms with E-state index in [9.17, 15) is 61.0 Å². The molecule has 444 valence electrons. The Labute approximate surface area is 453 Å². The van der Waals surface area contributed by atoms with Crippen molar-refractivity contribution < 1.29 is 89.4 Å². The van der Waals surface area contributed by atoms with E-state index < -0.39 is 124 Å². The molecule has 3 aliphatic rings. The van der Waals surface area contributed by atoms with Crippen LogP contribution in [0.2, 0.25) is 0 Å². The van der Waals surface area contributed by atoms with Gasteiger partial charge < -0.3 is 89.9 Å². The van der Waals surface area contributed by atoms with E-state index in [0.717, 1.165) is 44.9 Å². The van der Waals surface area contributed by atoms with Gasteiger partial charge in [-0.25, -0.2) is 0 Å². The third kappa shape index (κ3) is 25.2. The van der Waals surface area contributed by atoms with E-state index in [0.29, 0.717) is 12.8 Å². The third-order valence-corrected chi connectivity index (χ3v) is 14.7. The lowest BCUT2D eigenvalue weighted by Crippen LogP contribution is -2.66. The summed E-state index contributed by atoms with van der Waals surface area (Å²) in [5.41, 5.74) is 0. The summed E-state index contributed by atoms with van der Waals surface area (Å²) in [7, 11) is 0. The van der Waals surface area contributed by atoms with Gasteiger partial charge in [-0.05, 0) is 44.9 Å². The second kappa shape index (κ2) is 41.1. The molecule has 0 bridgehead atoms. The van der Waals surface area contributed by atoms with Crippen molar-refractivity contribution in [1.82, 2.24) is 5.32 Å². The first kappa shape index (κ1) is 68.3. The van der Waals surface area contributed by atoms with Gasteiger partial charge >= 0.3 is 0 Å². The maximum atomic E-state index is 13.2. The monoisotopic (exact) mass is 1090 g/mol. The molecule has 0 aromatic carbocycles. The van der Waals surface area contributed by atoms with Crippen molar-refractivity contribution in [3.05, 3.63) is 36.5 Å². The predicted octanol–water partition coefficient (Wildman–Crippen LogP) is 4.54. The lowest BCUT2D eigenvalue weighted by molar-refractivity contribution is -0.379. The summed E-state index contributed by atoms with van der Waals surface area (Å²) < 4.78 is 34.1. The van der Waals surface area contributed by atoms with Gasteiger partial charge in [0.2, 0.25) is 5.91 Å². The molecule has 0 saturated carbocycles. The fourth-order valence-corrected chi connectivity index (χ4v) is 9.81. The van der Waals surface area contributed by atoms with Gasteiger partial charge in [-0.3, -0.25) is 4.79 Å². The SMILES string of the molecule is CCCCCCCCCCCCCC/C=C/CC/C=C/CC/C=C/C(O)C(COC1OC(CO)C(OC2OC(CO)C(OC3OC(CO)C(O)C(O)C3O)C(O)C2O)C(O)C1O)NC(=O)CCCCCCCCCCC. The van der Waals surface area contributed by atoms with Crippen LogP contribution in [0.5, 0.6) is 0 Å². The number of nitrogens with one attached hydrogen (secondary N) is 1. The molecule has 3 rings (SSSR count). The van der Waals surface area contributed by atoms with Crippen molar-refractivity contribution in [2.45, 2.75) is 291 Å². The number of hydrogen-bond donors (Lipinski definition) is 12. The Bertz CT molecular complexity index is 1540. The molecular weight excluding hydrogens is 987 g/mol. The van der Waals surface area contributed by atoms with Crippen LogP contribution in [0.1, 0.15) is 187 Å². The summed E-state index contributed by atoms with van der Waals surface area (Å²) in [5.74, 6) is -0.294. The Hall–Kier alpha value is -1.99. The lowest BCUT2D eigenvalue weighted by Gasteiger charge is -2.48. The predicted molar refractivity (Wildman–Crippen MR) is 286 cm³/mol. The maximum Gasteiger partial charge on any atom is 0.220 e. The van der Waals surface area contributed by atoms with Gasteiger partial charge in [-0.1, -0.05) is 172 Å². The topological polar surface area (TPSA) is 307 Å². The van der Waals surface area contributed by atoms with Gasteiger partial charge in [0.25, 0.3) is 0 Å². The summed E-state index contributed by atoms with van der Waals surface area (Å²) in [6.45, 7) is 1.65. The van der Waals surface area contributed by atoms with E-state index >= 15 is 0 Å². The van der Waals surface area contributed by atoms with Crippen molar-refractivity contribution in [3.63, 3.8) is 0 Å². The number of aliphatic hydroxyl groups is 11. The highest BCUT2D eigenvalue weighted by Crippen LogP contribution is 2.33. The molecule has 17 atom stereocenters. The van der Waals surface area contributed by atoms with Crippen molar-refractivity contribution in [3.8, 4) is 0 Å². The molecule has 0 aromatic rings. The van der Waals surface area contributed by atoms with E-state index in [4.69, 9.17) is 28.4 Å². The summed E-state index contributed by atoms with van der Waals surface area (Å²) in [5, 5.41) is 120. The average Bonchev–Trinajstić information content (AvgIpc) is 3.42. The van der Waals surface area contributed by atoms with Gasteiger partial charge in [0.05, 0.1) is 38.6 Å². The molecule has 0 spiro atoms. The van der Waals surface area contributed by atoms with Gasteiger partial charge in [0.1, 0.15) is 73.2 Å². The molecule has 0 aliphatic carbocycles. The van der Waals surface area contributed by atoms with E-state index in [1.54, 1.807) is 6.08 Å². The van der Waals surface area contributed by atoms with Crippen LogP contribution in [-0.2, 0) is 33.2 Å². The number of carbonyl (C=O) groups excluding carboxylic acids is 1. The summed E-state index contributed by atoms with van der Waals surface area (Å²) >= 11 is 0. The lowest BCUT2D eigenvalue weighted by atomic mass is 9.96. The van der Waals surface area contributed by atoms with Crippen molar-refractivity contribution in [2.75, 3.05) is 26.4 Å². The molecule has 0 radical (unpaired) electrons. The molecule has 19 nitrogen and oxygen atoms in total. The molecule has 3 saturated heterocycles. The van der Waals surface area contributed by atoms with Gasteiger partial charge in [0, 0.05) is 6.42 Å². The Balaban J connectivity index is 1.50. The molecule has 12 N–H and O–H groups in total. The number of carbonyl (C=O) groups is 1. The number of ether oxygens (including phenoxy) is 6. The highest BCUT2D eigenvalue weighted by Gasteiger charge is 2.53. The fraction of sp³-hybridized carbons (Fsp3) is 0.877. The minimum absolute atomic E-state index is 0.233. The van der Waals surface area contributed by atoms with Crippen LogP contribution in [0.25, 0.3) is 0 Å². The minimum Gasteiger partial charge on any atom is -0.394 e. The molecule has 3 fully saturated rings. The first-order chi connectivity index (χ1) is 36.8. The van der Waals surface area contributed by atoms with Crippen LogP contribution in [0.15, 0.2) is 36.5 Å². The molecule has 17 unspecified atom stereocenters. The zero-order chi connectivity index (χ0) is 55.5. The second-order valence-corrected chi connectivity index (χ2v) is 21.1. The van der Waals surface area contributed by atoms with Crippen LogP contribution in [-0.4, -0.2) is 193 Å². The number of amides is 1. The Morgan fingerprint density at radius 3 is 1.32 bits per heavy atom. The average molecular weight is 1090 g/mol. The zero-order valence-electron chi connectivity index (χ0n) is 46.0. The van der Waals surface area contributed by atoms with Crippen LogP contribution in [0.4, 0.5) is 0 Å². The maximum absolute atomic E-state index is 13.2. The minimum atomic E-state index is -1.98. The first-order valence-electron chi connectivity index (χ1n) is 29.2. The van der Waals surface area contributed by atoms with E-state index in [1.807, 2.05) is 6.08 Å².